The number of nitrogens with one attached hydrogen (secondary N) is 1. The lowest BCUT2D eigenvalue weighted by Gasteiger charge is -2.14. The standard InChI is InChI=1S/C12H10BrF2NO/c1-7(12-3-2-4-17-12)16-11-6-9(14)8(13)5-10(11)15/h2-7,16H,1H3. The highest BCUT2D eigenvalue weighted by atomic mass is 79.9. The zero-order valence-electron chi connectivity index (χ0n) is 9.01. The van der Waals surface area contributed by atoms with Gasteiger partial charge in [-0.1, -0.05) is 0 Å². The Balaban J connectivity index is 2.22. The average molecular weight is 302 g/mol. The van der Waals surface area contributed by atoms with Crippen LogP contribution in [0.1, 0.15) is 18.7 Å². The molecule has 1 atom stereocenters. The number of furan rings is 1. The first-order valence-corrected chi connectivity index (χ1v) is 5.81. The van der Waals surface area contributed by atoms with Gasteiger partial charge in [-0.2, -0.15) is 0 Å². The number of hydrogen-bond donors (Lipinski definition) is 1. The molecule has 17 heavy (non-hydrogen) atoms. The summed E-state index contributed by atoms with van der Waals surface area (Å²) in [6.45, 7) is 1.80. The molecule has 0 radical (unpaired) electrons. The Labute approximate surface area is 106 Å². The van der Waals surface area contributed by atoms with Gasteiger partial charge in [0, 0.05) is 6.07 Å². The number of rotatable bonds is 3. The largest absolute Gasteiger partial charge is 0.467 e. The summed E-state index contributed by atoms with van der Waals surface area (Å²) in [5.74, 6) is -0.370. The Bertz CT molecular complexity index is 513. The second-order valence-electron chi connectivity index (χ2n) is 3.63. The van der Waals surface area contributed by atoms with Gasteiger partial charge in [0.25, 0.3) is 0 Å². The molecule has 90 valence electrons. The van der Waals surface area contributed by atoms with Crippen molar-refractivity contribution in [1.29, 1.82) is 0 Å². The minimum absolute atomic E-state index is 0.103. The number of anilines is 1. The molecule has 0 saturated heterocycles. The van der Waals surface area contributed by atoms with Gasteiger partial charge < -0.3 is 9.73 Å². The van der Waals surface area contributed by atoms with E-state index in [2.05, 4.69) is 21.2 Å². The summed E-state index contributed by atoms with van der Waals surface area (Å²) in [4.78, 5) is 0. The third-order valence-electron chi connectivity index (χ3n) is 2.35. The topological polar surface area (TPSA) is 25.2 Å². The smallest absolute Gasteiger partial charge is 0.147 e. The lowest BCUT2D eigenvalue weighted by molar-refractivity contribution is 0.489. The van der Waals surface area contributed by atoms with E-state index in [1.165, 1.54) is 6.26 Å². The van der Waals surface area contributed by atoms with Crippen LogP contribution < -0.4 is 5.32 Å². The van der Waals surface area contributed by atoms with E-state index in [4.69, 9.17) is 4.42 Å². The summed E-state index contributed by atoms with van der Waals surface area (Å²) in [7, 11) is 0. The van der Waals surface area contributed by atoms with E-state index in [-0.39, 0.29) is 16.2 Å². The first kappa shape index (κ1) is 12.1. The van der Waals surface area contributed by atoms with E-state index in [9.17, 15) is 8.78 Å². The molecule has 0 fully saturated rings. The predicted molar refractivity (Wildman–Crippen MR) is 64.8 cm³/mol. The zero-order chi connectivity index (χ0) is 12.4. The number of hydrogen-bond acceptors (Lipinski definition) is 2. The van der Waals surface area contributed by atoms with E-state index in [1.807, 2.05) is 0 Å². The molecule has 0 aliphatic carbocycles. The van der Waals surface area contributed by atoms with E-state index >= 15 is 0 Å². The second kappa shape index (κ2) is 4.87. The molecular formula is C12H10BrF2NO. The van der Waals surface area contributed by atoms with Crippen LogP contribution in [0.4, 0.5) is 14.5 Å². The highest BCUT2D eigenvalue weighted by molar-refractivity contribution is 9.10. The molecule has 2 aromatic rings. The summed E-state index contributed by atoms with van der Waals surface area (Å²) in [5, 5.41) is 2.85. The van der Waals surface area contributed by atoms with Crippen LogP contribution >= 0.6 is 15.9 Å². The fraction of sp³-hybridized carbons (Fsp3) is 0.167. The van der Waals surface area contributed by atoms with Crippen molar-refractivity contribution in [2.24, 2.45) is 0 Å². The summed E-state index contributed by atoms with van der Waals surface area (Å²) >= 11 is 2.92. The molecule has 0 saturated carbocycles. The van der Waals surface area contributed by atoms with Crippen molar-refractivity contribution in [1.82, 2.24) is 0 Å². The normalized spacial score (nSPS) is 12.5. The number of benzene rings is 1. The lowest BCUT2D eigenvalue weighted by Crippen LogP contribution is -2.07. The van der Waals surface area contributed by atoms with Crippen molar-refractivity contribution in [3.8, 4) is 0 Å². The molecule has 0 amide bonds. The number of halogens is 3. The quantitative estimate of drug-likeness (QED) is 0.845. The van der Waals surface area contributed by atoms with Crippen molar-refractivity contribution in [3.63, 3.8) is 0 Å². The molecule has 0 bridgehead atoms. The fourth-order valence-corrected chi connectivity index (χ4v) is 1.79. The second-order valence-corrected chi connectivity index (χ2v) is 4.48. The molecule has 0 spiro atoms. The van der Waals surface area contributed by atoms with Crippen molar-refractivity contribution in [2.75, 3.05) is 5.32 Å². The Morgan fingerprint density at radius 1 is 1.29 bits per heavy atom. The molecule has 0 aliphatic rings. The minimum atomic E-state index is -0.517. The highest BCUT2D eigenvalue weighted by Crippen LogP contribution is 2.26. The van der Waals surface area contributed by atoms with Crippen molar-refractivity contribution >= 4 is 21.6 Å². The molecule has 1 aromatic heterocycles. The van der Waals surface area contributed by atoms with Crippen LogP contribution in [0.2, 0.25) is 0 Å². The van der Waals surface area contributed by atoms with Gasteiger partial charge in [0.15, 0.2) is 0 Å². The maximum atomic E-state index is 13.5. The van der Waals surface area contributed by atoms with Crippen LogP contribution in [0.25, 0.3) is 0 Å². The van der Waals surface area contributed by atoms with Gasteiger partial charge in [-0.15, -0.1) is 0 Å². The zero-order valence-corrected chi connectivity index (χ0v) is 10.6. The third-order valence-corrected chi connectivity index (χ3v) is 2.96. The van der Waals surface area contributed by atoms with Gasteiger partial charge in [-0.25, -0.2) is 8.78 Å². The van der Waals surface area contributed by atoms with E-state index in [0.29, 0.717) is 5.76 Å². The molecule has 1 N–H and O–H groups in total. The van der Waals surface area contributed by atoms with Gasteiger partial charge >= 0.3 is 0 Å². The molecule has 5 heteroatoms. The summed E-state index contributed by atoms with van der Waals surface area (Å²) in [5.41, 5.74) is 0.106. The van der Waals surface area contributed by atoms with Gasteiger partial charge in [0.05, 0.1) is 22.5 Å². The molecule has 2 nitrogen and oxygen atoms in total. The van der Waals surface area contributed by atoms with Crippen LogP contribution in [0.15, 0.2) is 39.4 Å². The molecule has 2 rings (SSSR count). The molecule has 1 heterocycles. The molecule has 1 unspecified atom stereocenters. The lowest BCUT2D eigenvalue weighted by atomic mass is 10.2. The van der Waals surface area contributed by atoms with E-state index < -0.39 is 11.6 Å². The van der Waals surface area contributed by atoms with E-state index in [1.54, 1.807) is 19.1 Å². The van der Waals surface area contributed by atoms with Gasteiger partial charge in [0.1, 0.15) is 17.4 Å². The fourth-order valence-electron chi connectivity index (χ4n) is 1.48. The Morgan fingerprint density at radius 3 is 2.71 bits per heavy atom. The Hall–Kier alpha value is -1.36. The first-order valence-electron chi connectivity index (χ1n) is 5.02. The monoisotopic (exact) mass is 301 g/mol. The van der Waals surface area contributed by atoms with Crippen LogP contribution in [0, 0.1) is 11.6 Å². The van der Waals surface area contributed by atoms with E-state index in [0.717, 1.165) is 12.1 Å². The molecule has 1 aromatic carbocycles. The third kappa shape index (κ3) is 2.66. The maximum absolute atomic E-state index is 13.5. The van der Waals surface area contributed by atoms with Crippen molar-refractivity contribution in [3.05, 3.63) is 52.4 Å². The Morgan fingerprint density at radius 2 is 2.06 bits per heavy atom. The average Bonchev–Trinajstić information content (AvgIpc) is 2.79. The van der Waals surface area contributed by atoms with Gasteiger partial charge in [-0.05, 0) is 41.1 Å². The summed E-state index contributed by atoms with van der Waals surface area (Å²) < 4.78 is 32.1. The van der Waals surface area contributed by atoms with Crippen molar-refractivity contribution < 1.29 is 13.2 Å². The van der Waals surface area contributed by atoms with Crippen LogP contribution in [0.5, 0.6) is 0 Å². The summed E-state index contributed by atoms with van der Waals surface area (Å²) in [6, 6.07) is 5.47. The molecular weight excluding hydrogens is 292 g/mol. The molecule has 0 aliphatic heterocycles. The predicted octanol–water partition coefficient (Wildman–Crippen LogP) is 4.49. The van der Waals surface area contributed by atoms with Crippen molar-refractivity contribution in [2.45, 2.75) is 13.0 Å². The van der Waals surface area contributed by atoms with Crippen LogP contribution in [-0.2, 0) is 0 Å². The van der Waals surface area contributed by atoms with Gasteiger partial charge in [0.2, 0.25) is 0 Å². The van der Waals surface area contributed by atoms with Crippen LogP contribution in [0.3, 0.4) is 0 Å². The highest BCUT2D eigenvalue weighted by Gasteiger charge is 2.13. The van der Waals surface area contributed by atoms with Gasteiger partial charge in [-0.3, -0.25) is 0 Å². The first-order chi connectivity index (χ1) is 8.08. The minimum Gasteiger partial charge on any atom is -0.467 e. The maximum Gasteiger partial charge on any atom is 0.147 e. The Kier molecular flexibility index (Phi) is 3.47. The summed E-state index contributed by atoms with van der Waals surface area (Å²) in [6.07, 6.45) is 1.53. The van der Waals surface area contributed by atoms with Crippen LogP contribution in [-0.4, -0.2) is 0 Å². The SMILES string of the molecule is CC(Nc1cc(F)c(Br)cc1F)c1ccco1.